The van der Waals surface area contributed by atoms with E-state index < -0.39 is 0 Å². The number of hydrogen-bond donors (Lipinski definition) is 1. The van der Waals surface area contributed by atoms with Crippen LogP contribution in [-0.4, -0.2) is 65.4 Å². The standard InChI is InChI=1S/C38H44N4O/c1-3-21-18-40-14-13-38-28-10-6-8-12-30(28)42-36(38)27(24(21)17-33(38)40)20-43-37(42)34-25-15-32-35-26(23-9-5-7-11-29(23)39-35)16-31(34)41(32)19-22(25)4-2/h4-12,21,24-25,27,31-34,36-37,39H,3,13-20H2,1-2H3/b22-4-/t21-,24+,25-,27+,31+,32+,33-,34?,36+,37+,38-/m1/s1. The maximum atomic E-state index is 7.41. The number of nitrogens with one attached hydrogen (secondary N) is 1. The molecule has 43 heavy (non-hydrogen) atoms. The summed E-state index contributed by atoms with van der Waals surface area (Å²) >= 11 is 0. The molecule has 5 nitrogen and oxygen atoms in total. The Morgan fingerprint density at radius 2 is 1.95 bits per heavy atom. The van der Waals surface area contributed by atoms with Crippen molar-refractivity contribution in [2.24, 2.45) is 29.6 Å². The molecule has 222 valence electrons. The number of para-hydroxylation sites is 2. The lowest BCUT2D eigenvalue weighted by Crippen LogP contribution is -2.73. The van der Waals surface area contributed by atoms with Gasteiger partial charge in [0.1, 0.15) is 6.23 Å². The number of fused-ring (bicyclic) bond motifs is 8. The molecule has 1 aliphatic carbocycles. The monoisotopic (exact) mass is 572 g/mol. The largest absolute Gasteiger partial charge is 0.358 e. The van der Waals surface area contributed by atoms with Crippen LogP contribution in [0.1, 0.15) is 62.4 Å². The van der Waals surface area contributed by atoms with Crippen LogP contribution in [-0.2, 0) is 16.6 Å². The number of hydrogen-bond acceptors (Lipinski definition) is 4. The van der Waals surface area contributed by atoms with E-state index in [0.29, 0.717) is 41.9 Å². The van der Waals surface area contributed by atoms with Crippen molar-refractivity contribution in [2.45, 2.75) is 81.8 Å². The van der Waals surface area contributed by atoms with E-state index in [1.54, 1.807) is 16.7 Å². The fourth-order valence-corrected chi connectivity index (χ4v) is 13.0. The molecule has 8 aliphatic heterocycles. The van der Waals surface area contributed by atoms with Crippen molar-refractivity contribution in [3.05, 3.63) is 77.0 Å². The predicted octanol–water partition coefficient (Wildman–Crippen LogP) is 6.26. The third-order valence-electron chi connectivity index (χ3n) is 14.5. The van der Waals surface area contributed by atoms with E-state index in [0.717, 1.165) is 31.4 Å². The van der Waals surface area contributed by atoms with Crippen LogP contribution in [0.5, 0.6) is 0 Å². The molecule has 2 aromatic carbocycles. The summed E-state index contributed by atoms with van der Waals surface area (Å²) in [7, 11) is 0. The van der Waals surface area contributed by atoms with E-state index in [1.807, 2.05) is 0 Å². The van der Waals surface area contributed by atoms with Gasteiger partial charge in [-0.25, -0.2) is 0 Å². The number of rotatable bonds is 2. The number of H-pyrrole nitrogens is 1. The SMILES string of the molecule is C/C=C1/CN2[C@H]3C[C@H]1C([C@@H]1OC[C@H]4[C@H]5C[C@H]6N(CC[C@@]67c6ccccc6N1[C@@H]47)C[C@H]5CC)[C@@H]2Cc1c3[nH]c2ccccc12. The maximum absolute atomic E-state index is 7.41. The zero-order valence-corrected chi connectivity index (χ0v) is 25.6. The normalized spacial score (nSPS) is 45.9. The Kier molecular flexibility index (Phi) is 4.80. The molecule has 12 rings (SSSR count). The lowest BCUT2D eigenvalue weighted by atomic mass is 9.54. The second-order valence-electron chi connectivity index (χ2n) is 15.4. The number of benzene rings is 2. The number of ether oxygens (including phenoxy) is 1. The van der Waals surface area contributed by atoms with Gasteiger partial charge in [-0.05, 0) is 80.2 Å². The van der Waals surface area contributed by atoms with Crippen molar-refractivity contribution in [1.82, 2.24) is 14.8 Å². The summed E-state index contributed by atoms with van der Waals surface area (Å²) in [5, 5.41) is 1.45. The number of allylic oxidation sites excluding steroid dienone is 1. The molecule has 3 aromatic rings. The number of piperidine rings is 4. The molecule has 0 amide bonds. The van der Waals surface area contributed by atoms with Crippen molar-refractivity contribution < 1.29 is 4.74 Å². The molecule has 1 spiro atoms. The first-order valence-electron chi connectivity index (χ1n) is 17.4. The van der Waals surface area contributed by atoms with Gasteiger partial charge in [-0.3, -0.25) is 9.80 Å². The molecule has 9 aliphatic rings. The van der Waals surface area contributed by atoms with Crippen LogP contribution < -0.4 is 4.90 Å². The van der Waals surface area contributed by atoms with Crippen LogP contribution in [0, 0.1) is 29.6 Å². The average Bonchev–Trinajstić information content (AvgIpc) is 3.73. The molecular weight excluding hydrogens is 528 g/mol. The van der Waals surface area contributed by atoms with E-state index in [9.17, 15) is 0 Å². The van der Waals surface area contributed by atoms with Crippen molar-refractivity contribution in [3.63, 3.8) is 0 Å². The second-order valence-corrected chi connectivity index (χ2v) is 15.4. The van der Waals surface area contributed by atoms with Gasteiger partial charge < -0.3 is 14.6 Å². The van der Waals surface area contributed by atoms with Crippen LogP contribution in [0.25, 0.3) is 10.9 Å². The van der Waals surface area contributed by atoms with Crippen LogP contribution in [0.15, 0.2) is 60.2 Å². The van der Waals surface area contributed by atoms with Crippen molar-refractivity contribution in [2.75, 3.05) is 31.1 Å². The highest BCUT2D eigenvalue weighted by Crippen LogP contribution is 2.66. The highest BCUT2D eigenvalue weighted by Gasteiger charge is 2.71. The minimum atomic E-state index is 0.148. The zero-order valence-electron chi connectivity index (χ0n) is 25.6. The molecule has 1 N–H and O–H groups in total. The summed E-state index contributed by atoms with van der Waals surface area (Å²) in [4.78, 5) is 12.7. The van der Waals surface area contributed by atoms with Crippen LogP contribution in [0.2, 0.25) is 0 Å². The van der Waals surface area contributed by atoms with Gasteiger partial charge in [-0.15, -0.1) is 0 Å². The molecule has 12 atom stereocenters. The Morgan fingerprint density at radius 1 is 1.07 bits per heavy atom. The molecule has 0 radical (unpaired) electrons. The molecule has 1 saturated carbocycles. The molecule has 7 fully saturated rings. The summed E-state index contributed by atoms with van der Waals surface area (Å²) in [5.74, 6) is 3.33. The summed E-state index contributed by atoms with van der Waals surface area (Å²) in [6.07, 6.45) is 8.98. The van der Waals surface area contributed by atoms with E-state index in [2.05, 4.69) is 88.1 Å². The van der Waals surface area contributed by atoms with E-state index in [-0.39, 0.29) is 11.6 Å². The summed E-state index contributed by atoms with van der Waals surface area (Å²) in [6, 6.07) is 21.0. The number of anilines is 1. The fourth-order valence-electron chi connectivity index (χ4n) is 13.0. The number of aromatic nitrogens is 1. The third-order valence-corrected chi connectivity index (χ3v) is 14.5. The molecule has 1 aromatic heterocycles. The van der Waals surface area contributed by atoms with Gasteiger partial charge in [-0.1, -0.05) is 61.4 Å². The van der Waals surface area contributed by atoms with Crippen molar-refractivity contribution >= 4 is 16.6 Å². The van der Waals surface area contributed by atoms with Gasteiger partial charge >= 0.3 is 0 Å². The summed E-state index contributed by atoms with van der Waals surface area (Å²) < 4.78 is 7.41. The molecule has 5 heteroatoms. The zero-order chi connectivity index (χ0) is 28.2. The fraction of sp³-hybridized carbons (Fsp3) is 0.579. The molecule has 6 saturated heterocycles. The average molecular weight is 573 g/mol. The molecule has 2 unspecified atom stereocenters. The Labute approximate surface area is 255 Å². The number of nitrogens with zero attached hydrogens (tertiary/aromatic N) is 3. The van der Waals surface area contributed by atoms with Gasteiger partial charge in [0.15, 0.2) is 0 Å². The third kappa shape index (κ3) is 2.80. The molecule has 6 bridgehead atoms. The second kappa shape index (κ2) is 8.35. The lowest BCUT2D eigenvalue weighted by molar-refractivity contribution is -0.157. The topological polar surface area (TPSA) is 34.7 Å². The van der Waals surface area contributed by atoms with Crippen molar-refractivity contribution in [1.29, 1.82) is 0 Å². The first-order valence-corrected chi connectivity index (χ1v) is 17.4. The molecule has 9 heterocycles. The van der Waals surface area contributed by atoms with Crippen LogP contribution in [0.3, 0.4) is 0 Å². The quantitative estimate of drug-likeness (QED) is 0.368. The summed E-state index contributed by atoms with van der Waals surface area (Å²) in [5.41, 5.74) is 9.52. The molecular formula is C38H44N4O. The van der Waals surface area contributed by atoms with Gasteiger partial charge in [0.05, 0.1) is 12.6 Å². The summed E-state index contributed by atoms with van der Waals surface area (Å²) in [6.45, 7) is 9.40. The first-order chi connectivity index (χ1) is 21.2. The highest BCUT2D eigenvalue weighted by atomic mass is 16.5. The lowest BCUT2D eigenvalue weighted by Gasteiger charge is -2.65. The Hall–Kier alpha value is -2.60. The van der Waals surface area contributed by atoms with E-state index in [4.69, 9.17) is 4.74 Å². The van der Waals surface area contributed by atoms with Crippen molar-refractivity contribution in [3.8, 4) is 0 Å². The van der Waals surface area contributed by atoms with Crippen LogP contribution in [0.4, 0.5) is 5.69 Å². The smallest absolute Gasteiger partial charge is 0.135 e. The van der Waals surface area contributed by atoms with Gasteiger partial charge in [0.25, 0.3) is 0 Å². The van der Waals surface area contributed by atoms with Crippen LogP contribution >= 0.6 is 0 Å². The Balaban J connectivity index is 1.07. The maximum Gasteiger partial charge on any atom is 0.135 e. The highest BCUT2D eigenvalue weighted by molar-refractivity contribution is 5.85. The Morgan fingerprint density at radius 3 is 2.86 bits per heavy atom. The van der Waals surface area contributed by atoms with Gasteiger partial charge in [0.2, 0.25) is 0 Å². The number of aromatic amines is 1. The van der Waals surface area contributed by atoms with Gasteiger partial charge in [-0.2, -0.15) is 0 Å². The van der Waals surface area contributed by atoms with E-state index >= 15 is 0 Å². The first kappa shape index (κ1) is 24.7. The minimum Gasteiger partial charge on any atom is -0.358 e. The minimum absolute atomic E-state index is 0.148. The Bertz CT molecular complexity index is 1690. The van der Waals surface area contributed by atoms with Gasteiger partial charge in [0, 0.05) is 70.8 Å². The predicted molar refractivity (Wildman–Crippen MR) is 170 cm³/mol. The van der Waals surface area contributed by atoms with E-state index in [1.165, 1.54) is 61.1 Å².